The summed E-state index contributed by atoms with van der Waals surface area (Å²) in [6.45, 7) is 6.93. The maximum Gasteiger partial charge on any atom is 0.248 e. The molecule has 0 amide bonds. The summed E-state index contributed by atoms with van der Waals surface area (Å²) in [6.07, 6.45) is -0.599. The number of piperazine rings is 1. The number of hydrogen-bond donors (Lipinski definition) is 2. The summed E-state index contributed by atoms with van der Waals surface area (Å²) in [6, 6.07) is 17.3. The molecule has 0 saturated carbocycles. The van der Waals surface area contributed by atoms with Crippen LogP contribution in [0.15, 0.2) is 59.4 Å². The van der Waals surface area contributed by atoms with Crippen LogP contribution in [0.5, 0.6) is 5.75 Å². The molecule has 1 unspecified atom stereocenters. The highest BCUT2D eigenvalue weighted by Gasteiger charge is 2.31. The standard InChI is InChI=1S/C24H28ClN3O3/c1-16-12-27(20-6-4-19(25)5-7-20)13-17(2)28(16)14-21(29)15-31-22-8-9-23-18(11-22)3-10-24(30)26-23/h3-11,16-17,21,29H,12-15H2,1-2H3,(H,26,30)/t16-,17+,21?. The number of halogens is 1. The summed E-state index contributed by atoms with van der Waals surface area (Å²) in [5.41, 5.74) is 1.81. The molecule has 4 rings (SSSR count). The zero-order chi connectivity index (χ0) is 22.0. The van der Waals surface area contributed by atoms with Crippen molar-refractivity contribution in [3.8, 4) is 5.75 Å². The van der Waals surface area contributed by atoms with Crippen molar-refractivity contribution in [1.29, 1.82) is 0 Å². The van der Waals surface area contributed by atoms with E-state index in [1.165, 1.54) is 11.8 Å². The van der Waals surface area contributed by atoms with Crippen LogP contribution in [0, 0.1) is 0 Å². The van der Waals surface area contributed by atoms with Gasteiger partial charge >= 0.3 is 0 Å². The van der Waals surface area contributed by atoms with Crippen molar-refractivity contribution >= 4 is 28.2 Å². The fourth-order valence-corrected chi connectivity index (χ4v) is 4.42. The third-order valence-electron chi connectivity index (χ3n) is 5.85. The number of β-amino-alcohol motifs (C(OH)–C–C–N with tert-alkyl or cyclic N) is 1. The minimum absolute atomic E-state index is 0.129. The second-order valence-electron chi connectivity index (χ2n) is 8.31. The van der Waals surface area contributed by atoms with Crippen LogP contribution in [0.25, 0.3) is 10.9 Å². The van der Waals surface area contributed by atoms with Crippen LogP contribution in [0.2, 0.25) is 5.02 Å². The predicted octanol–water partition coefficient (Wildman–Crippen LogP) is 3.52. The van der Waals surface area contributed by atoms with Gasteiger partial charge in [0.25, 0.3) is 0 Å². The van der Waals surface area contributed by atoms with Gasteiger partial charge < -0.3 is 19.7 Å². The molecule has 6 nitrogen and oxygen atoms in total. The smallest absolute Gasteiger partial charge is 0.248 e. The molecule has 0 radical (unpaired) electrons. The lowest BCUT2D eigenvalue weighted by Gasteiger charge is -2.46. The van der Waals surface area contributed by atoms with E-state index in [9.17, 15) is 9.90 Å². The van der Waals surface area contributed by atoms with Crippen LogP contribution in [0.4, 0.5) is 5.69 Å². The Balaban J connectivity index is 1.33. The van der Waals surface area contributed by atoms with E-state index in [1.807, 2.05) is 24.3 Å². The van der Waals surface area contributed by atoms with Gasteiger partial charge in [-0.25, -0.2) is 0 Å². The molecule has 1 aliphatic heterocycles. The topological polar surface area (TPSA) is 68.8 Å². The van der Waals surface area contributed by atoms with Crippen molar-refractivity contribution in [2.24, 2.45) is 0 Å². The van der Waals surface area contributed by atoms with E-state index in [2.05, 4.69) is 40.8 Å². The number of rotatable bonds is 6. The molecular weight excluding hydrogens is 414 g/mol. The second-order valence-corrected chi connectivity index (χ2v) is 8.75. The normalized spacial score (nSPS) is 20.7. The van der Waals surface area contributed by atoms with Gasteiger partial charge in [-0.15, -0.1) is 0 Å². The molecule has 31 heavy (non-hydrogen) atoms. The molecule has 0 aliphatic carbocycles. The number of aromatic nitrogens is 1. The van der Waals surface area contributed by atoms with Crippen LogP contribution in [0.3, 0.4) is 0 Å². The molecule has 7 heteroatoms. The average molecular weight is 442 g/mol. The molecule has 164 valence electrons. The van der Waals surface area contributed by atoms with Gasteiger partial charge in [0.1, 0.15) is 18.5 Å². The minimum Gasteiger partial charge on any atom is -0.491 e. The Kier molecular flexibility index (Phi) is 6.51. The van der Waals surface area contributed by atoms with Gasteiger partial charge in [0.15, 0.2) is 0 Å². The largest absolute Gasteiger partial charge is 0.491 e. The Morgan fingerprint density at radius 1 is 1.10 bits per heavy atom. The van der Waals surface area contributed by atoms with Crippen molar-refractivity contribution in [3.63, 3.8) is 0 Å². The van der Waals surface area contributed by atoms with Crippen molar-refractivity contribution in [3.05, 3.63) is 70.0 Å². The molecule has 1 fully saturated rings. The Morgan fingerprint density at radius 2 is 1.81 bits per heavy atom. The van der Waals surface area contributed by atoms with Crippen molar-refractivity contribution < 1.29 is 9.84 Å². The van der Waals surface area contributed by atoms with Gasteiger partial charge in [-0.2, -0.15) is 0 Å². The minimum atomic E-state index is -0.599. The number of fused-ring (bicyclic) bond motifs is 1. The zero-order valence-electron chi connectivity index (χ0n) is 17.8. The number of pyridine rings is 1. The fourth-order valence-electron chi connectivity index (χ4n) is 4.29. The second kappa shape index (κ2) is 9.30. The number of nitrogens with zero attached hydrogens (tertiary/aromatic N) is 2. The molecule has 2 N–H and O–H groups in total. The molecule has 2 aromatic carbocycles. The summed E-state index contributed by atoms with van der Waals surface area (Å²) < 4.78 is 5.83. The monoisotopic (exact) mass is 441 g/mol. The van der Waals surface area contributed by atoms with Crippen molar-refractivity contribution in [2.75, 3.05) is 31.1 Å². The number of anilines is 1. The lowest BCUT2D eigenvalue weighted by atomic mass is 10.1. The van der Waals surface area contributed by atoms with Gasteiger partial charge in [-0.1, -0.05) is 11.6 Å². The summed E-state index contributed by atoms with van der Waals surface area (Å²) in [7, 11) is 0. The highest BCUT2D eigenvalue weighted by atomic mass is 35.5. The molecule has 0 spiro atoms. The molecular formula is C24H28ClN3O3. The number of ether oxygens (including phenoxy) is 1. The zero-order valence-corrected chi connectivity index (χ0v) is 18.5. The van der Waals surface area contributed by atoms with E-state index in [0.29, 0.717) is 24.4 Å². The maximum absolute atomic E-state index is 11.4. The van der Waals surface area contributed by atoms with Gasteiger partial charge in [-0.05, 0) is 62.4 Å². The summed E-state index contributed by atoms with van der Waals surface area (Å²) in [4.78, 5) is 18.9. The lowest BCUT2D eigenvalue weighted by Crippen LogP contribution is -2.58. The van der Waals surface area contributed by atoms with E-state index < -0.39 is 6.10 Å². The molecule has 3 aromatic rings. The molecule has 3 atom stereocenters. The molecule has 0 bridgehead atoms. The number of aromatic amines is 1. The van der Waals surface area contributed by atoms with Crippen LogP contribution in [-0.2, 0) is 0 Å². The third kappa shape index (κ3) is 5.21. The fraction of sp³-hybridized carbons (Fsp3) is 0.375. The SMILES string of the molecule is C[C@@H]1CN(c2ccc(Cl)cc2)C[C@H](C)N1CC(O)COc1ccc2[nH]c(=O)ccc2c1. The highest BCUT2D eigenvalue weighted by Crippen LogP contribution is 2.24. The number of aliphatic hydroxyl groups excluding tert-OH is 1. The molecule has 1 saturated heterocycles. The van der Waals surface area contributed by atoms with Gasteiger partial charge in [0.2, 0.25) is 5.56 Å². The Bertz CT molecular complexity index is 1070. The Hall–Kier alpha value is -2.54. The van der Waals surface area contributed by atoms with Crippen molar-refractivity contribution in [1.82, 2.24) is 9.88 Å². The quantitative estimate of drug-likeness (QED) is 0.612. The molecule has 2 heterocycles. The number of nitrogens with one attached hydrogen (secondary N) is 1. The Morgan fingerprint density at radius 3 is 2.52 bits per heavy atom. The van der Waals surface area contributed by atoms with Gasteiger partial charge in [0.05, 0.1) is 0 Å². The van der Waals surface area contributed by atoms with E-state index in [0.717, 1.165) is 29.0 Å². The van der Waals surface area contributed by atoms with E-state index in [1.54, 1.807) is 12.1 Å². The molecule has 1 aliphatic rings. The van der Waals surface area contributed by atoms with Crippen LogP contribution in [-0.4, -0.2) is 59.4 Å². The summed E-state index contributed by atoms with van der Waals surface area (Å²) in [5.74, 6) is 0.673. The predicted molar refractivity (Wildman–Crippen MR) is 125 cm³/mol. The first kappa shape index (κ1) is 21.7. The number of H-pyrrole nitrogens is 1. The third-order valence-corrected chi connectivity index (χ3v) is 6.10. The van der Waals surface area contributed by atoms with E-state index in [-0.39, 0.29) is 12.2 Å². The average Bonchev–Trinajstić information content (AvgIpc) is 2.75. The van der Waals surface area contributed by atoms with E-state index in [4.69, 9.17) is 16.3 Å². The summed E-state index contributed by atoms with van der Waals surface area (Å²) >= 11 is 6.02. The first-order valence-electron chi connectivity index (χ1n) is 10.6. The summed E-state index contributed by atoms with van der Waals surface area (Å²) in [5, 5.41) is 12.3. The first-order valence-corrected chi connectivity index (χ1v) is 11.0. The Labute approximate surface area is 187 Å². The van der Waals surface area contributed by atoms with E-state index >= 15 is 0 Å². The first-order chi connectivity index (χ1) is 14.9. The number of aliphatic hydroxyl groups is 1. The highest BCUT2D eigenvalue weighted by molar-refractivity contribution is 6.30. The maximum atomic E-state index is 11.4. The lowest BCUT2D eigenvalue weighted by molar-refractivity contribution is 0.0318. The van der Waals surface area contributed by atoms with Crippen LogP contribution < -0.4 is 15.2 Å². The van der Waals surface area contributed by atoms with Gasteiger partial charge in [0, 0.05) is 59.4 Å². The van der Waals surface area contributed by atoms with Gasteiger partial charge in [-0.3, -0.25) is 9.69 Å². The number of hydrogen-bond acceptors (Lipinski definition) is 5. The van der Waals surface area contributed by atoms with Crippen LogP contribution in [0.1, 0.15) is 13.8 Å². The van der Waals surface area contributed by atoms with Crippen LogP contribution >= 0.6 is 11.6 Å². The number of benzene rings is 2. The van der Waals surface area contributed by atoms with Crippen molar-refractivity contribution in [2.45, 2.75) is 32.0 Å². The molecule has 1 aromatic heterocycles.